The van der Waals surface area contributed by atoms with Gasteiger partial charge in [-0.2, -0.15) is 0 Å². The minimum Gasteiger partial charge on any atom is -0.351 e. The van der Waals surface area contributed by atoms with Crippen LogP contribution in [0.15, 0.2) is 72.4 Å². The number of aromatic nitrogens is 4. The van der Waals surface area contributed by atoms with Gasteiger partial charge in [0.05, 0.1) is 11.4 Å². The van der Waals surface area contributed by atoms with E-state index in [1.54, 1.807) is 12.3 Å². The first kappa shape index (κ1) is 25.1. The average Bonchev–Trinajstić information content (AvgIpc) is 3.56. The second kappa shape index (κ2) is 10.9. The molecule has 2 aromatic carbocycles. The van der Waals surface area contributed by atoms with Crippen LogP contribution in [-0.2, 0) is 11.2 Å². The predicted octanol–water partition coefficient (Wildman–Crippen LogP) is 5.83. The molecule has 198 valence electrons. The van der Waals surface area contributed by atoms with E-state index in [4.69, 9.17) is 4.98 Å². The number of likely N-dealkylation sites (tertiary alicyclic amines) is 1. The fourth-order valence-corrected chi connectivity index (χ4v) is 5.66. The smallest absolute Gasteiger partial charge is 0.223 e. The first-order valence-electron chi connectivity index (χ1n) is 12.9. The molecule has 5 aromatic rings. The number of halogens is 2. The van der Waals surface area contributed by atoms with Gasteiger partial charge in [0.15, 0.2) is 16.6 Å². The molecule has 0 spiro atoms. The van der Waals surface area contributed by atoms with Crippen LogP contribution in [0.1, 0.15) is 24.8 Å². The number of imidazole rings is 1. The Bertz CT molecular complexity index is 1610. The molecule has 1 amide bonds. The summed E-state index contributed by atoms with van der Waals surface area (Å²) in [6, 6.07) is 15.8. The standard InChI is InChI=1S/C29H26F2N6OS/c30-22-8-7-20(18-23(22)31)26-27(37-16-17-39-29(37)35-26)24-10-13-32-28(34-24)33-21-11-14-36(15-12-21)25(38)9-6-19-4-2-1-3-5-19/h1-5,7-8,10,13,16-18,21H,6,9,11-12,14-15H2,(H,32,33,34). The molecule has 0 radical (unpaired) electrons. The number of fused-ring (bicyclic) bond motifs is 1. The molecule has 0 bridgehead atoms. The number of hydrogen-bond donors (Lipinski definition) is 1. The monoisotopic (exact) mass is 544 g/mol. The summed E-state index contributed by atoms with van der Waals surface area (Å²) in [5, 5.41) is 5.33. The lowest BCUT2D eigenvalue weighted by Gasteiger charge is -2.32. The Labute approximate surface area is 228 Å². The molecule has 1 aliphatic heterocycles. The lowest BCUT2D eigenvalue weighted by atomic mass is 10.0. The molecular weight excluding hydrogens is 518 g/mol. The molecule has 3 aromatic heterocycles. The highest BCUT2D eigenvalue weighted by Crippen LogP contribution is 2.34. The highest BCUT2D eigenvalue weighted by atomic mass is 32.1. The SMILES string of the molecule is O=C(CCc1ccccc1)N1CCC(Nc2nccc(-c3c(-c4ccc(F)c(F)c4)nc4sccn34)n2)CC1. The van der Waals surface area contributed by atoms with Gasteiger partial charge in [-0.05, 0) is 49.1 Å². The number of amides is 1. The van der Waals surface area contributed by atoms with Gasteiger partial charge in [-0.15, -0.1) is 11.3 Å². The van der Waals surface area contributed by atoms with Crippen molar-refractivity contribution < 1.29 is 13.6 Å². The van der Waals surface area contributed by atoms with E-state index < -0.39 is 11.6 Å². The van der Waals surface area contributed by atoms with E-state index in [1.807, 2.05) is 51.2 Å². The van der Waals surface area contributed by atoms with E-state index in [9.17, 15) is 13.6 Å². The van der Waals surface area contributed by atoms with Crippen molar-refractivity contribution in [3.63, 3.8) is 0 Å². The number of nitrogens with zero attached hydrogens (tertiary/aromatic N) is 5. The molecule has 1 fully saturated rings. The molecule has 0 atom stereocenters. The van der Waals surface area contributed by atoms with Crippen molar-refractivity contribution in [1.29, 1.82) is 0 Å². The maximum absolute atomic E-state index is 14.0. The van der Waals surface area contributed by atoms with Crippen molar-refractivity contribution in [3.8, 4) is 22.6 Å². The van der Waals surface area contributed by atoms with Crippen LogP contribution in [0, 0.1) is 11.6 Å². The summed E-state index contributed by atoms with van der Waals surface area (Å²) >= 11 is 1.45. The fourth-order valence-electron chi connectivity index (χ4n) is 4.95. The fraction of sp³-hybridized carbons (Fsp3) is 0.241. The molecule has 0 aliphatic carbocycles. The zero-order valence-electron chi connectivity index (χ0n) is 21.1. The van der Waals surface area contributed by atoms with Gasteiger partial charge in [0.1, 0.15) is 5.69 Å². The number of rotatable bonds is 7. The van der Waals surface area contributed by atoms with E-state index in [2.05, 4.69) is 15.3 Å². The topological polar surface area (TPSA) is 75.4 Å². The van der Waals surface area contributed by atoms with E-state index in [-0.39, 0.29) is 11.9 Å². The molecule has 39 heavy (non-hydrogen) atoms. The van der Waals surface area contributed by atoms with Crippen molar-refractivity contribution >= 4 is 28.2 Å². The van der Waals surface area contributed by atoms with E-state index in [0.29, 0.717) is 48.1 Å². The van der Waals surface area contributed by atoms with E-state index in [0.717, 1.165) is 36.4 Å². The van der Waals surface area contributed by atoms with Gasteiger partial charge in [0.25, 0.3) is 0 Å². The Balaban J connectivity index is 1.15. The predicted molar refractivity (Wildman–Crippen MR) is 147 cm³/mol. The second-order valence-corrected chi connectivity index (χ2v) is 10.4. The van der Waals surface area contributed by atoms with E-state index in [1.165, 1.54) is 23.0 Å². The average molecular weight is 545 g/mol. The number of nitrogens with one attached hydrogen (secondary N) is 1. The third kappa shape index (κ3) is 5.37. The van der Waals surface area contributed by atoms with E-state index >= 15 is 0 Å². The summed E-state index contributed by atoms with van der Waals surface area (Å²) in [5.41, 5.74) is 3.46. The Kier molecular flexibility index (Phi) is 7.02. The normalized spacial score (nSPS) is 14.2. The van der Waals surface area contributed by atoms with Gasteiger partial charge in [0.2, 0.25) is 11.9 Å². The first-order chi connectivity index (χ1) is 19.0. The lowest BCUT2D eigenvalue weighted by molar-refractivity contribution is -0.132. The maximum Gasteiger partial charge on any atom is 0.223 e. The number of carbonyl (C=O) groups excluding carboxylic acids is 1. The minimum absolute atomic E-state index is 0.135. The zero-order valence-corrected chi connectivity index (χ0v) is 21.9. The molecule has 0 saturated carbocycles. The number of anilines is 1. The lowest BCUT2D eigenvalue weighted by Crippen LogP contribution is -2.42. The number of hydrogen-bond acceptors (Lipinski definition) is 6. The molecular formula is C29H26F2N6OS. The van der Waals surface area contributed by atoms with Crippen molar-refractivity contribution in [2.24, 2.45) is 0 Å². The Morgan fingerprint density at radius 2 is 1.85 bits per heavy atom. The summed E-state index contributed by atoms with van der Waals surface area (Å²) in [4.78, 5) is 29.2. The third-order valence-corrected chi connectivity index (χ3v) is 7.76. The van der Waals surface area contributed by atoms with Gasteiger partial charge < -0.3 is 10.2 Å². The molecule has 1 aliphatic rings. The zero-order chi connectivity index (χ0) is 26.8. The van der Waals surface area contributed by atoms with Gasteiger partial charge in [-0.3, -0.25) is 9.20 Å². The maximum atomic E-state index is 14.0. The van der Waals surface area contributed by atoms with Gasteiger partial charge in [-0.1, -0.05) is 30.3 Å². The van der Waals surface area contributed by atoms with Crippen molar-refractivity contribution in [2.45, 2.75) is 31.7 Å². The summed E-state index contributed by atoms with van der Waals surface area (Å²) in [6.45, 7) is 1.37. The van der Waals surface area contributed by atoms with Crippen molar-refractivity contribution in [2.75, 3.05) is 18.4 Å². The molecule has 1 N–H and O–H groups in total. The highest BCUT2D eigenvalue weighted by molar-refractivity contribution is 7.15. The highest BCUT2D eigenvalue weighted by Gasteiger charge is 2.24. The summed E-state index contributed by atoms with van der Waals surface area (Å²) < 4.78 is 29.5. The Morgan fingerprint density at radius 1 is 1.03 bits per heavy atom. The number of carbonyl (C=O) groups is 1. The molecule has 0 unspecified atom stereocenters. The Hall–Kier alpha value is -4.18. The van der Waals surface area contributed by atoms with Crippen LogP contribution >= 0.6 is 11.3 Å². The van der Waals surface area contributed by atoms with Crippen LogP contribution in [0.4, 0.5) is 14.7 Å². The Morgan fingerprint density at radius 3 is 2.64 bits per heavy atom. The van der Waals surface area contributed by atoms with Gasteiger partial charge in [-0.25, -0.2) is 23.7 Å². The minimum atomic E-state index is -0.926. The van der Waals surface area contributed by atoms with Gasteiger partial charge in [0, 0.05) is 48.9 Å². The largest absolute Gasteiger partial charge is 0.351 e. The van der Waals surface area contributed by atoms with Crippen molar-refractivity contribution in [1.82, 2.24) is 24.3 Å². The molecule has 10 heteroatoms. The summed E-state index contributed by atoms with van der Waals surface area (Å²) in [5.74, 6) is -1.17. The van der Waals surface area contributed by atoms with Crippen molar-refractivity contribution in [3.05, 3.63) is 89.6 Å². The van der Waals surface area contributed by atoms with Crippen LogP contribution in [0.3, 0.4) is 0 Å². The number of thiazole rings is 1. The molecule has 1 saturated heterocycles. The molecule has 7 nitrogen and oxygen atoms in total. The van der Waals surface area contributed by atoms with Crippen LogP contribution in [0.5, 0.6) is 0 Å². The van der Waals surface area contributed by atoms with Gasteiger partial charge >= 0.3 is 0 Å². The summed E-state index contributed by atoms with van der Waals surface area (Å²) in [7, 11) is 0. The number of aryl methyl sites for hydroxylation is 1. The van der Waals surface area contributed by atoms with Crippen LogP contribution in [0.25, 0.3) is 27.6 Å². The third-order valence-electron chi connectivity index (χ3n) is 7.00. The van der Waals surface area contributed by atoms with Crippen LogP contribution in [-0.4, -0.2) is 49.3 Å². The second-order valence-electron chi connectivity index (χ2n) is 9.54. The number of benzene rings is 2. The quantitative estimate of drug-likeness (QED) is 0.279. The van der Waals surface area contributed by atoms with Crippen LogP contribution < -0.4 is 5.32 Å². The summed E-state index contributed by atoms with van der Waals surface area (Å²) in [6.07, 6.45) is 6.41. The first-order valence-corrected chi connectivity index (χ1v) is 13.8. The number of piperidine rings is 1. The molecule has 6 rings (SSSR count). The van der Waals surface area contributed by atoms with Crippen LogP contribution in [0.2, 0.25) is 0 Å². The molecule has 4 heterocycles.